The van der Waals surface area contributed by atoms with E-state index in [1.807, 2.05) is 42.9 Å². The van der Waals surface area contributed by atoms with Crippen molar-refractivity contribution in [2.45, 2.75) is 10.9 Å². The third-order valence-electron chi connectivity index (χ3n) is 4.43. The van der Waals surface area contributed by atoms with Gasteiger partial charge in [-0.15, -0.1) is 0 Å². The Morgan fingerprint density at radius 3 is 2.96 bits per heavy atom. The van der Waals surface area contributed by atoms with E-state index in [-0.39, 0.29) is 6.04 Å². The van der Waals surface area contributed by atoms with Crippen molar-refractivity contribution < 1.29 is 4.21 Å². The highest BCUT2D eigenvalue weighted by Crippen LogP contribution is 2.36. The number of benzene rings is 1. The summed E-state index contributed by atoms with van der Waals surface area (Å²) in [6.07, 6.45) is 7.68. The summed E-state index contributed by atoms with van der Waals surface area (Å²) in [6.45, 7) is 0. The van der Waals surface area contributed by atoms with Crippen LogP contribution in [0.15, 0.2) is 41.6 Å². The van der Waals surface area contributed by atoms with Gasteiger partial charge in [0.1, 0.15) is 11.3 Å². The molecule has 128 valence electrons. The molecule has 3 heterocycles. The van der Waals surface area contributed by atoms with E-state index in [0.29, 0.717) is 0 Å². The van der Waals surface area contributed by atoms with E-state index in [4.69, 9.17) is 4.98 Å². The van der Waals surface area contributed by atoms with Crippen molar-refractivity contribution in [1.29, 1.82) is 0 Å². The lowest BCUT2D eigenvalue weighted by molar-refractivity contribution is 0.686. The maximum Gasteiger partial charge on any atom is 0.156 e. The molecule has 0 radical (unpaired) electrons. The number of nitrogens with zero attached hydrogens (tertiary/aromatic N) is 3. The summed E-state index contributed by atoms with van der Waals surface area (Å²) in [7, 11) is 2.83. The van der Waals surface area contributed by atoms with Gasteiger partial charge >= 0.3 is 0 Å². The van der Waals surface area contributed by atoms with Crippen LogP contribution in [0.1, 0.15) is 17.2 Å². The van der Waals surface area contributed by atoms with E-state index in [2.05, 4.69) is 27.8 Å². The SMILES string of the molecule is CNc1nc2c(c3c1ncn3C)C=CC(c1cccc(S(C)=O)c1)N2. The molecule has 0 spiro atoms. The third-order valence-corrected chi connectivity index (χ3v) is 5.35. The zero-order chi connectivity index (χ0) is 17.6. The van der Waals surface area contributed by atoms with Crippen molar-refractivity contribution in [2.24, 2.45) is 7.05 Å². The zero-order valence-electron chi connectivity index (χ0n) is 14.3. The molecule has 3 aromatic rings. The number of nitrogens with one attached hydrogen (secondary N) is 2. The number of fused-ring (bicyclic) bond motifs is 3. The van der Waals surface area contributed by atoms with E-state index in [9.17, 15) is 4.21 Å². The van der Waals surface area contributed by atoms with Crippen molar-refractivity contribution in [1.82, 2.24) is 14.5 Å². The lowest BCUT2D eigenvalue weighted by Crippen LogP contribution is -2.15. The van der Waals surface area contributed by atoms with E-state index < -0.39 is 10.8 Å². The van der Waals surface area contributed by atoms with Crippen LogP contribution >= 0.6 is 0 Å². The minimum atomic E-state index is -0.999. The number of aryl methyl sites for hydroxylation is 1. The van der Waals surface area contributed by atoms with Crippen LogP contribution in [0, 0.1) is 0 Å². The molecule has 0 saturated heterocycles. The average molecular weight is 353 g/mol. The predicted molar refractivity (Wildman–Crippen MR) is 102 cm³/mol. The molecule has 0 amide bonds. The Bertz CT molecular complexity index is 1020. The quantitative estimate of drug-likeness (QED) is 0.757. The summed E-state index contributed by atoms with van der Waals surface area (Å²) in [5.74, 6) is 1.57. The molecule has 25 heavy (non-hydrogen) atoms. The van der Waals surface area contributed by atoms with E-state index >= 15 is 0 Å². The molecule has 2 N–H and O–H groups in total. The first-order valence-corrected chi connectivity index (χ1v) is 9.55. The first-order valence-electron chi connectivity index (χ1n) is 7.99. The number of anilines is 2. The predicted octanol–water partition coefficient (Wildman–Crippen LogP) is 2.93. The molecule has 2 unspecified atom stereocenters. The molecule has 0 bridgehead atoms. The second-order valence-corrected chi connectivity index (χ2v) is 7.41. The number of imidazole rings is 1. The Labute approximate surface area is 148 Å². The minimum absolute atomic E-state index is 0.0149. The molecule has 0 aliphatic carbocycles. The van der Waals surface area contributed by atoms with Gasteiger partial charge in [0.05, 0.1) is 17.9 Å². The fourth-order valence-electron chi connectivity index (χ4n) is 3.17. The van der Waals surface area contributed by atoms with Crippen molar-refractivity contribution in [3.8, 4) is 0 Å². The largest absolute Gasteiger partial charge is 0.371 e. The van der Waals surface area contributed by atoms with Crippen LogP contribution in [0.2, 0.25) is 0 Å². The summed E-state index contributed by atoms with van der Waals surface area (Å²) in [6, 6.07) is 7.82. The highest BCUT2D eigenvalue weighted by molar-refractivity contribution is 7.84. The van der Waals surface area contributed by atoms with Crippen LogP contribution in [0.5, 0.6) is 0 Å². The lowest BCUT2D eigenvalue weighted by atomic mass is 10.0. The number of pyridine rings is 1. The minimum Gasteiger partial charge on any atom is -0.371 e. The number of aromatic nitrogens is 3. The fraction of sp³-hybridized carbons (Fsp3) is 0.222. The Morgan fingerprint density at radius 1 is 1.36 bits per heavy atom. The molecule has 0 fully saturated rings. The van der Waals surface area contributed by atoms with Crippen LogP contribution in [0.3, 0.4) is 0 Å². The summed E-state index contributed by atoms with van der Waals surface area (Å²) in [4.78, 5) is 9.97. The zero-order valence-corrected chi connectivity index (χ0v) is 15.1. The molecular formula is C18H19N5OS. The summed E-state index contributed by atoms with van der Waals surface area (Å²) in [5.41, 5.74) is 3.99. The monoisotopic (exact) mass is 353 g/mol. The van der Waals surface area contributed by atoms with Crippen molar-refractivity contribution in [3.05, 3.63) is 47.8 Å². The molecule has 1 aromatic carbocycles. The van der Waals surface area contributed by atoms with Crippen molar-refractivity contribution >= 4 is 39.5 Å². The van der Waals surface area contributed by atoms with Crippen LogP contribution in [-0.2, 0) is 17.8 Å². The van der Waals surface area contributed by atoms with E-state index in [1.54, 1.807) is 12.6 Å². The summed E-state index contributed by atoms with van der Waals surface area (Å²) in [5, 5.41) is 6.61. The number of hydrogen-bond acceptors (Lipinski definition) is 5. The second kappa shape index (κ2) is 6.00. The van der Waals surface area contributed by atoms with Crippen LogP contribution in [0.25, 0.3) is 17.1 Å². The third kappa shape index (κ3) is 2.60. The van der Waals surface area contributed by atoms with Crippen LogP contribution in [-0.4, -0.2) is 32.0 Å². The van der Waals surface area contributed by atoms with Gasteiger partial charge in [-0.25, -0.2) is 9.97 Å². The normalized spacial score (nSPS) is 17.2. The van der Waals surface area contributed by atoms with Gasteiger partial charge in [-0.1, -0.05) is 24.3 Å². The van der Waals surface area contributed by atoms with Gasteiger partial charge in [0, 0.05) is 41.6 Å². The number of rotatable bonds is 3. The first-order chi connectivity index (χ1) is 12.1. The van der Waals surface area contributed by atoms with E-state index in [0.717, 1.165) is 38.7 Å². The lowest BCUT2D eigenvalue weighted by Gasteiger charge is -2.23. The molecule has 1 aliphatic heterocycles. The highest BCUT2D eigenvalue weighted by atomic mass is 32.2. The summed E-state index contributed by atoms with van der Waals surface area (Å²) >= 11 is 0. The standard InChI is InChI=1S/C18H19N5OS/c1-19-18-15-16(23(2)10-20-15)13-7-8-14(21-17(13)22-18)11-5-4-6-12(9-11)25(3)24/h4-10,14H,1-3H3,(H2,19,21,22). The molecule has 2 atom stereocenters. The van der Waals surface area contributed by atoms with E-state index in [1.165, 1.54) is 0 Å². The van der Waals surface area contributed by atoms with Gasteiger partial charge in [-0.3, -0.25) is 4.21 Å². The first kappa shape index (κ1) is 15.8. The van der Waals surface area contributed by atoms with Gasteiger partial charge in [0.2, 0.25) is 0 Å². The maximum atomic E-state index is 11.8. The molecule has 0 saturated carbocycles. The molecule has 6 nitrogen and oxygen atoms in total. The molecule has 7 heteroatoms. The molecule has 2 aromatic heterocycles. The maximum absolute atomic E-state index is 11.8. The highest BCUT2D eigenvalue weighted by Gasteiger charge is 2.22. The number of hydrogen-bond donors (Lipinski definition) is 2. The van der Waals surface area contributed by atoms with Gasteiger partial charge in [0.25, 0.3) is 0 Å². The van der Waals surface area contributed by atoms with Gasteiger partial charge in [0.15, 0.2) is 5.82 Å². The topological polar surface area (TPSA) is 71.8 Å². The van der Waals surface area contributed by atoms with Crippen LogP contribution < -0.4 is 10.6 Å². The fourth-order valence-corrected chi connectivity index (χ4v) is 3.74. The average Bonchev–Trinajstić information content (AvgIpc) is 3.02. The second-order valence-electron chi connectivity index (χ2n) is 6.03. The van der Waals surface area contributed by atoms with Gasteiger partial charge < -0.3 is 15.2 Å². The van der Waals surface area contributed by atoms with Crippen LogP contribution in [0.4, 0.5) is 11.6 Å². The molecule has 1 aliphatic rings. The Hall–Kier alpha value is -2.67. The van der Waals surface area contributed by atoms with Gasteiger partial charge in [-0.05, 0) is 17.7 Å². The molecular weight excluding hydrogens is 334 g/mol. The smallest absolute Gasteiger partial charge is 0.156 e. The Morgan fingerprint density at radius 2 is 2.20 bits per heavy atom. The van der Waals surface area contributed by atoms with Gasteiger partial charge in [-0.2, -0.15) is 0 Å². The molecule has 4 rings (SSSR count). The van der Waals surface area contributed by atoms with Crippen molar-refractivity contribution in [3.63, 3.8) is 0 Å². The van der Waals surface area contributed by atoms with Crippen molar-refractivity contribution in [2.75, 3.05) is 23.9 Å². The summed E-state index contributed by atoms with van der Waals surface area (Å²) < 4.78 is 13.8. The Kier molecular flexibility index (Phi) is 3.80. The Balaban J connectivity index is 1.80.